The molecule has 0 spiro atoms. The Morgan fingerprint density at radius 2 is 1.73 bits per heavy atom. The molecule has 0 saturated carbocycles. The third-order valence-electron chi connectivity index (χ3n) is 4.95. The second-order valence-electron chi connectivity index (χ2n) is 7.41. The first-order valence-corrected chi connectivity index (χ1v) is 11.1. The van der Waals surface area contributed by atoms with Gasteiger partial charge in [0.05, 0.1) is 11.4 Å². The van der Waals surface area contributed by atoms with Crippen LogP contribution in [0.5, 0.6) is 0 Å². The monoisotopic (exact) mass is 459 g/mol. The number of hydrogen-bond donors (Lipinski definition) is 2. The molecule has 2 heterocycles. The topological polar surface area (TPSA) is 120 Å². The second-order valence-corrected chi connectivity index (χ2v) is 8.24. The quantitative estimate of drug-likeness (QED) is 0.393. The molecule has 0 aliphatic rings. The van der Waals surface area contributed by atoms with Gasteiger partial charge >= 0.3 is 0 Å². The summed E-state index contributed by atoms with van der Waals surface area (Å²) in [5.41, 5.74) is 8.54. The zero-order valence-corrected chi connectivity index (χ0v) is 18.6. The third-order valence-corrected chi connectivity index (χ3v) is 5.77. The van der Waals surface area contributed by atoms with Crippen molar-refractivity contribution >= 4 is 28.9 Å². The van der Waals surface area contributed by atoms with E-state index in [1.807, 2.05) is 66.0 Å². The Labute approximate surface area is 194 Å². The Balaban J connectivity index is 1.61. The number of ketones is 1. The van der Waals surface area contributed by atoms with Crippen molar-refractivity contribution in [1.82, 2.24) is 20.1 Å². The molecule has 33 heavy (non-hydrogen) atoms. The molecule has 0 unspecified atom stereocenters. The fourth-order valence-corrected chi connectivity index (χ4v) is 4.17. The zero-order chi connectivity index (χ0) is 23.4. The zero-order valence-electron chi connectivity index (χ0n) is 17.8. The van der Waals surface area contributed by atoms with E-state index in [2.05, 4.69) is 15.4 Å². The van der Waals surface area contributed by atoms with Crippen LogP contribution < -0.4 is 11.1 Å². The Hall–Kier alpha value is -4.11. The molecule has 4 rings (SSSR count). The van der Waals surface area contributed by atoms with Gasteiger partial charge in [-0.2, -0.15) is 5.10 Å². The van der Waals surface area contributed by atoms with Crippen molar-refractivity contribution in [3.8, 4) is 16.4 Å². The fraction of sp³-hybridized carbons (Fsp3) is 0.125. The normalized spacial score (nSPS) is 11.7. The number of carbonyl (C=O) groups excluding carboxylic acids is 3. The maximum Gasteiger partial charge on any atom is 0.287 e. The summed E-state index contributed by atoms with van der Waals surface area (Å²) < 4.78 is 1.44. The molecular formula is C24H21N5O3S. The number of thiazole rings is 1. The molecule has 0 aliphatic heterocycles. The summed E-state index contributed by atoms with van der Waals surface area (Å²) in [5, 5.41) is 9.45. The summed E-state index contributed by atoms with van der Waals surface area (Å²) in [6.45, 7) is 1.76. The maximum absolute atomic E-state index is 13.2. The number of rotatable bonds is 8. The Morgan fingerprint density at radius 3 is 2.39 bits per heavy atom. The van der Waals surface area contributed by atoms with Crippen LogP contribution in [-0.4, -0.2) is 38.4 Å². The summed E-state index contributed by atoms with van der Waals surface area (Å²) in [5.74, 6) is -2.52. The van der Waals surface area contributed by atoms with Gasteiger partial charge in [-0.1, -0.05) is 60.7 Å². The number of primary amides is 1. The first kappa shape index (κ1) is 22.1. The van der Waals surface area contributed by atoms with Crippen molar-refractivity contribution in [3.63, 3.8) is 0 Å². The van der Waals surface area contributed by atoms with Crippen LogP contribution in [0.3, 0.4) is 0 Å². The fourth-order valence-electron chi connectivity index (χ4n) is 3.37. The van der Waals surface area contributed by atoms with Gasteiger partial charge in [0.25, 0.3) is 11.8 Å². The van der Waals surface area contributed by atoms with Gasteiger partial charge in [-0.3, -0.25) is 14.4 Å². The lowest BCUT2D eigenvalue weighted by Crippen LogP contribution is -2.47. The molecule has 0 saturated heterocycles. The van der Waals surface area contributed by atoms with Crippen molar-refractivity contribution in [1.29, 1.82) is 0 Å². The highest BCUT2D eigenvalue weighted by molar-refractivity contribution is 7.12. The van der Waals surface area contributed by atoms with Crippen molar-refractivity contribution in [3.05, 3.63) is 89.1 Å². The van der Waals surface area contributed by atoms with Gasteiger partial charge in [0.1, 0.15) is 11.7 Å². The van der Waals surface area contributed by atoms with Crippen LogP contribution in [0.15, 0.2) is 72.1 Å². The molecule has 1 atom stereocenters. The van der Waals surface area contributed by atoms with Crippen molar-refractivity contribution in [2.75, 3.05) is 0 Å². The van der Waals surface area contributed by atoms with E-state index in [9.17, 15) is 14.4 Å². The first-order chi connectivity index (χ1) is 15.9. The molecule has 0 fully saturated rings. The Morgan fingerprint density at radius 1 is 1.06 bits per heavy atom. The number of hydrogen-bond acceptors (Lipinski definition) is 6. The molecule has 3 N–H and O–H groups in total. The van der Waals surface area contributed by atoms with Gasteiger partial charge in [-0.15, -0.1) is 11.3 Å². The Kier molecular flexibility index (Phi) is 6.41. The third kappa shape index (κ3) is 5.04. The molecule has 0 aliphatic carbocycles. The molecule has 2 aromatic heterocycles. The number of Topliss-reactive ketones (excluding diaryl/α,β-unsaturated/α-hetero) is 1. The van der Waals surface area contributed by atoms with E-state index in [0.29, 0.717) is 10.8 Å². The summed E-state index contributed by atoms with van der Waals surface area (Å²) in [6, 6.07) is 19.3. The van der Waals surface area contributed by atoms with Crippen LogP contribution in [0.2, 0.25) is 0 Å². The summed E-state index contributed by atoms with van der Waals surface area (Å²) >= 11 is 1.34. The molecule has 0 bridgehead atoms. The standard InChI is InChI=1S/C24H21N5O3S/c1-15-12-20(29(28-15)24-27-19(14-33-24)17-10-6-3-7-11-17)23(32)26-18(21(30)22(25)31)13-16-8-4-2-5-9-16/h2-12,14,18H,13H2,1H3,(H2,25,31)(H,26,32)/t18-/m0/s1. The molecule has 0 radical (unpaired) electrons. The molecule has 8 nitrogen and oxygen atoms in total. The van der Waals surface area contributed by atoms with Gasteiger partial charge in [0.15, 0.2) is 0 Å². The summed E-state index contributed by atoms with van der Waals surface area (Å²) in [4.78, 5) is 41.8. The lowest BCUT2D eigenvalue weighted by molar-refractivity contribution is -0.137. The van der Waals surface area contributed by atoms with Crippen LogP contribution >= 0.6 is 11.3 Å². The first-order valence-electron chi connectivity index (χ1n) is 10.2. The minimum Gasteiger partial charge on any atom is -0.363 e. The van der Waals surface area contributed by atoms with E-state index in [-0.39, 0.29) is 12.1 Å². The highest BCUT2D eigenvalue weighted by atomic mass is 32.1. The molecule has 4 aromatic rings. The predicted molar refractivity (Wildman–Crippen MR) is 125 cm³/mol. The minimum absolute atomic E-state index is 0.136. The largest absolute Gasteiger partial charge is 0.363 e. The summed E-state index contributed by atoms with van der Waals surface area (Å²) in [6.07, 6.45) is 0.136. The van der Waals surface area contributed by atoms with Crippen LogP contribution in [0.25, 0.3) is 16.4 Å². The number of nitrogens with zero attached hydrogens (tertiary/aromatic N) is 3. The molecule has 166 valence electrons. The van der Waals surface area contributed by atoms with Gasteiger partial charge < -0.3 is 11.1 Å². The van der Waals surface area contributed by atoms with Crippen LogP contribution in [0, 0.1) is 6.92 Å². The summed E-state index contributed by atoms with van der Waals surface area (Å²) in [7, 11) is 0. The van der Waals surface area contributed by atoms with Crippen LogP contribution in [0.1, 0.15) is 21.7 Å². The van der Waals surface area contributed by atoms with E-state index >= 15 is 0 Å². The Bertz CT molecular complexity index is 1300. The number of nitrogens with one attached hydrogen (secondary N) is 1. The maximum atomic E-state index is 13.2. The molecular weight excluding hydrogens is 438 g/mol. The number of aromatic nitrogens is 3. The average Bonchev–Trinajstić information content (AvgIpc) is 3.46. The van der Waals surface area contributed by atoms with Gasteiger partial charge in [0.2, 0.25) is 10.9 Å². The van der Waals surface area contributed by atoms with E-state index in [1.54, 1.807) is 13.0 Å². The number of amides is 2. The smallest absolute Gasteiger partial charge is 0.287 e. The van der Waals surface area contributed by atoms with Gasteiger partial charge in [-0.25, -0.2) is 9.67 Å². The average molecular weight is 460 g/mol. The van der Waals surface area contributed by atoms with E-state index in [1.165, 1.54) is 16.0 Å². The van der Waals surface area contributed by atoms with Crippen molar-refractivity contribution < 1.29 is 14.4 Å². The van der Waals surface area contributed by atoms with Crippen molar-refractivity contribution in [2.45, 2.75) is 19.4 Å². The second kappa shape index (κ2) is 9.58. The van der Waals surface area contributed by atoms with E-state index in [0.717, 1.165) is 16.8 Å². The number of nitrogens with two attached hydrogens (primary N) is 1. The van der Waals surface area contributed by atoms with Crippen LogP contribution in [-0.2, 0) is 16.0 Å². The highest BCUT2D eigenvalue weighted by Gasteiger charge is 2.28. The number of carbonyl (C=O) groups is 3. The SMILES string of the molecule is Cc1cc(C(=O)N[C@@H](Cc2ccccc2)C(=O)C(N)=O)n(-c2nc(-c3ccccc3)cs2)n1. The predicted octanol–water partition coefficient (Wildman–Crippen LogP) is 2.70. The molecule has 2 aromatic carbocycles. The van der Waals surface area contributed by atoms with Gasteiger partial charge in [0, 0.05) is 17.4 Å². The van der Waals surface area contributed by atoms with E-state index < -0.39 is 23.6 Å². The lowest BCUT2D eigenvalue weighted by atomic mass is 10.0. The van der Waals surface area contributed by atoms with Gasteiger partial charge in [-0.05, 0) is 18.6 Å². The highest BCUT2D eigenvalue weighted by Crippen LogP contribution is 2.25. The number of benzene rings is 2. The molecule has 9 heteroatoms. The molecule has 2 amide bonds. The van der Waals surface area contributed by atoms with Crippen LogP contribution in [0.4, 0.5) is 0 Å². The minimum atomic E-state index is -1.10. The lowest BCUT2D eigenvalue weighted by Gasteiger charge is -2.16. The van der Waals surface area contributed by atoms with E-state index in [4.69, 9.17) is 5.73 Å². The number of aryl methyl sites for hydroxylation is 1. The van der Waals surface area contributed by atoms with Crippen molar-refractivity contribution in [2.24, 2.45) is 5.73 Å².